The molecule has 0 aromatic rings. The Morgan fingerprint density at radius 2 is 1.14 bits per heavy atom. The van der Waals surface area contributed by atoms with Gasteiger partial charge in [-0.1, -0.05) is 60.3 Å². The Balaban J connectivity index is 4.22. The molecule has 29 heavy (non-hydrogen) atoms. The van der Waals surface area contributed by atoms with Crippen LogP contribution in [0.1, 0.15) is 112 Å². The monoisotopic (exact) mass is 416 g/mol. The molecule has 0 aromatic heterocycles. The molecule has 0 radical (unpaired) electrons. The third-order valence-corrected chi connectivity index (χ3v) is 5.38. The van der Waals surface area contributed by atoms with Gasteiger partial charge in [0.05, 0.1) is 11.8 Å². The highest BCUT2D eigenvalue weighted by Gasteiger charge is 2.22. The second-order valence-corrected chi connectivity index (χ2v) is 7.91. The first-order valence-electron chi connectivity index (χ1n) is 11.7. The zero-order chi connectivity index (χ0) is 22.1. The van der Waals surface area contributed by atoms with Crippen molar-refractivity contribution in [1.29, 1.82) is 0 Å². The first-order chi connectivity index (χ1) is 13.9. The molecule has 0 N–H and O–H groups in total. The van der Waals surface area contributed by atoms with E-state index in [2.05, 4.69) is 13.8 Å². The number of rotatable bonds is 18. The summed E-state index contributed by atoms with van der Waals surface area (Å²) in [5.41, 5.74) is 0. The third kappa shape index (κ3) is 12.9. The molecule has 0 aromatic carbocycles. The Kier molecular flexibility index (Phi) is 17.0. The minimum absolute atomic E-state index is 0.103. The summed E-state index contributed by atoms with van der Waals surface area (Å²) < 4.78 is 0. The maximum Gasteiger partial charge on any atom is 0.345 e. The van der Waals surface area contributed by atoms with Crippen molar-refractivity contribution in [3.63, 3.8) is 0 Å². The first kappa shape index (κ1) is 27.9. The van der Waals surface area contributed by atoms with Gasteiger partial charge >= 0.3 is 11.9 Å². The molecule has 0 amide bonds. The zero-order valence-corrected chi connectivity index (χ0v) is 19.5. The lowest BCUT2D eigenvalue weighted by molar-refractivity contribution is -0.311. The standard InChI is InChI=1S/C23H44O6/c1-7-12-14-19(9-3)22(24)28-26-18(6)16-17-21(11-5)27-29-23(25)20(10-4)15-13-8-2/h18-21H,7-17H2,1-6H3. The highest BCUT2D eigenvalue weighted by Crippen LogP contribution is 2.18. The maximum absolute atomic E-state index is 12.2. The molecule has 0 rings (SSSR count). The quantitative estimate of drug-likeness (QED) is 0.192. The van der Waals surface area contributed by atoms with Crippen LogP contribution >= 0.6 is 0 Å². The zero-order valence-electron chi connectivity index (χ0n) is 19.5. The molecule has 0 aliphatic carbocycles. The van der Waals surface area contributed by atoms with E-state index in [0.717, 1.165) is 57.8 Å². The molecule has 0 spiro atoms. The summed E-state index contributed by atoms with van der Waals surface area (Å²) >= 11 is 0. The molecule has 0 saturated carbocycles. The number of hydrogen-bond donors (Lipinski definition) is 0. The fourth-order valence-electron chi connectivity index (χ4n) is 3.05. The smallest absolute Gasteiger partial charge is 0.298 e. The van der Waals surface area contributed by atoms with Gasteiger partial charge in [0, 0.05) is 0 Å². The highest BCUT2D eigenvalue weighted by molar-refractivity contribution is 5.72. The minimum Gasteiger partial charge on any atom is -0.298 e. The van der Waals surface area contributed by atoms with Gasteiger partial charge in [-0.2, -0.15) is 9.78 Å². The Bertz CT molecular complexity index is 426. The van der Waals surface area contributed by atoms with Crippen LogP contribution in [0.4, 0.5) is 0 Å². The van der Waals surface area contributed by atoms with Crippen molar-refractivity contribution in [3.05, 3.63) is 0 Å². The fraction of sp³-hybridized carbons (Fsp3) is 0.913. The molecule has 0 heterocycles. The molecular formula is C23H44O6. The van der Waals surface area contributed by atoms with Crippen LogP contribution in [0.25, 0.3) is 0 Å². The van der Waals surface area contributed by atoms with Gasteiger partial charge in [-0.15, -0.1) is 0 Å². The normalized spacial score (nSPS) is 15.4. The van der Waals surface area contributed by atoms with E-state index < -0.39 is 0 Å². The number of carbonyl (C=O) groups excluding carboxylic acids is 2. The lowest BCUT2D eigenvalue weighted by Crippen LogP contribution is -2.24. The lowest BCUT2D eigenvalue weighted by Gasteiger charge is -2.19. The van der Waals surface area contributed by atoms with Gasteiger partial charge in [-0.05, 0) is 51.9 Å². The second-order valence-electron chi connectivity index (χ2n) is 7.91. The number of unbranched alkanes of at least 4 members (excludes halogenated alkanes) is 2. The maximum atomic E-state index is 12.2. The summed E-state index contributed by atoms with van der Waals surface area (Å²) in [6.07, 6.45) is 8.88. The summed E-state index contributed by atoms with van der Waals surface area (Å²) in [5, 5.41) is 0. The lowest BCUT2D eigenvalue weighted by atomic mass is 10.00. The molecule has 0 bridgehead atoms. The molecular weight excluding hydrogens is 372 g/mol. The van der Waals surface area contributed by atoms with Crippen LogP contribution < -0.4 is 0 Å². The largest absolute Gasteiger partial charge is 0.345 e. The van der Waals surface area contributed by atoms with E-state index >= 15 is 0 Å². The molecule has 6 nitrogen and oxygen atoms in total. The van der Waals surface area contributed by atoms with Crippen molar-refractivity contribution in [2.75, 3.05) is 0 Å². The summed E-state index contributed by atoms with van der Waals surface area (Å²) in [7, 11) is 0. The van der Waals surface area contributed by atoms with E-state index in [1.54, 1.807) is 0 Å². The van der Waals surface area contributed by atoms with Crippen molar-refractivity contribution < 1.29 is 29.1 Å². The summed E-state index contributed by atoms with van der Waals surface area (Å²) in [4.78, 5) is 45.0. The van der Waals surface area contributed by atoms with Gasteiger partial charge in [0.2, 0.25) is 0 Å². The van der Waals surface area contributed by atoms with Gasteiger partial charge in [0.15, 0.2) is 0 Å². The van der Waals surface area contributed by atoms with Crippen LogP contribution in [0.15, 0.2) is 0 Å². The summed E-state index contributed by atoms with van der Waals surface area (Å²) in [5.74, 6) is -0.779. The molecule has 0 saturated heterocycles. The predicted molar refractivity (Wildman–Crippen MR) is 114 cm³/mol. The topological polar surface area (TPSA) is 71.1 Å². The Morgan fingerprint density at radius 3 is 1.55 bits per heavy atom. The molecule has 172 valence electrons. The third-order valence-electron chi connectivity index (χ3n) is 5.38. The van der Waals surface area contributed by atoms with E-state index in [1.165, 1.54) is 0 Å². The average Bonchev–Trinajstić information content (AvgIpc) is 2.73. The highest BCUT2D eigenvalue weighted by atomic mass is 17.2. The van der Waals surface area contributed by atoms with Crippen molar-refractivity contribution in [2.45, 2.75) is 124 Å². The van der Waals surface area contributed by atoms with Crippen LogP contribution in [0.3, 0.4) is 0 Å². The van der Waals surface area contributed by atoms with Crippen LogP contribution in [-0.4, -0.2) is 24.1 Å². The van der Waals surface area contributed by atoms with Crippen LogP contribution in [0.2, 0.25) is 0 Å². The Labute approximate surface area is 177 Å². The molecule has 0 aliphatic rings. The summed E-state index contributed by atoms with van der Waals surface area (Å²) in [6.45, 7) is 12.0. The Morgan fingerprint density at radius 1 is 0.655 bits per heavy atom. The summed E-state index contributed by atoms with van der Waals surface area (Å²) in [6, 6.07) is 0. The van der Waals surface area contributed by atoms with Crippen LogP contribution in [-0.2, 0) is 29.1 Å². The number of carbonyl (C=O) groups is 2. The molecule has 4 atom stereocenters. The fourth-order valence-corrected chi connectivity index (χ4v) is 3.05. The SMILES string of the molecule is CCCCC(CC)C(=O)OOC(C)CCC(CC)OOC(=O)C(CC)CCCC. The predicted octanol–water partition coefficient (Wildman–Crippen LogP) is 6.32. The van der Waals surface area contributed by atoms with E-state index in [1.807, 2.05) is 27.7 Å². The van der Waals surface area contributed by atoms with Crippen molar-refractivity contribution in [2.24, 2.45) is 11.8 Å². The first-order valence-corrected chi connectivity index (χ1v) is 11.7. The Hall–Kier alpha value is -1.14. The molecule has 6 heteroatoms. The van der Waals surface area contributed by atoms with Crippen molar-refractivity contribution in [1.82, 2.24) is 0 Å². The van der Waals surface area contributed by atoms with Gasteiger partial charge in [-0.3, -0.25) is 9.78 Å². The van der Waals surface area contributed by atoms with E-state index in [4.69, 9.17) is 19.6 Å². The van der Waals surface area contributed by atoms with Crippen molar-refractivity contribution >= 4 is 11.9 Å². The molecule has 4 unspecified atom stereocenters. The molecule has 0 aliphatic heterocycles. The van der Waals surface area contributed by atoms with E-state index in [0.29, 0.717) is 12.8 Å². The van der Waals surface area contributed by atoms with Gasteiger partial charge < -0.3 is 0 Å². The van der Waals surface area contributed by atoms with Gasteiger partial charge in [-0.25, -0.2) is 9.59 Å². The van der Waals surface area contributed by atoms with Crippen LogP contribution in [0.5, 0.6) is 0 Å². The van der Waals surface area contributed by atoms with Gasteiger partial charge in [0.1, 0.15) is 12.2 Å². The number of hydrogen-bond acceptors (Lipinski definition) is 6. The molecule has 0 fully saturated rings. The van der Waals surface area contributed by atoms with Crippen LogP contribution in [0, 0.1) is 11.8 Å². The average molecular weight is 417 g/mol. The van der Waals surface area contributed by atoms with E-state index in [-0.39, 0.29) is 36.0 Å². The van der Waals surface area contributed by atoms with E-state index in [9.17, 15) is 9.59 Å². The van der Waals surface area contributed by atoms with Gasteiger partial charge in [0.25, 0.3) is 0 Å². The van der Waals surface area contributed by atoms with Crippen molar-refractivity contribution in [3.8, 4) is 0 Å². The second kappa shape index (κ2) is 17.7. The minimum atomic E-state index is -0.289.